The highest BCUT2D eigenvalue weighted by atomic mass is 16.2. The van der Waals surface area contributed by atoms with E-state index >= 15 is 0 Å². The Bertz CT molecular complexity index is 720. The molecule has 1 amide bonds. The van der Waals surface area contributed by atoms with Crippen molar-refractivity contribution in [3.63, 3.8) is 0 Å². The number of aromatic amines is 2. The van der Waals surface area contributed by atoms with Gasteiger partial charge in [-0.1, -0.05) is 6.07 Å². The fourth-order valence-corrected chi connectivity index (χ4v) is 2.92. The second kappa shape index (κ2) is 6.13. The van der Waals surface area contributed by atoms with Crippen molar-refractivity contribution in [1.29, 1.82) is 0 Å². The highest BCUT2D eigenvalue weighted by Gasteiger charge is 2.30. The zero-order chi connectivity index (χ0) is 15.5. The molecule has 0 aromatic carbocycles. The van der Waals surface area contributed by atoms with Crippen LogP contribution in [0.3, 0.4) is 0 Å². The van der Waals surface area contributed by atoms with Crippen LogP contribution in [-0.4, -0.2) is 37.5 Å². The number of pyridine rings is 1. The lowest BCUT2D eigenvalue weighted by molar-refractivity contribution is -0.134. The molecule has 1 unspecified atom stereocenters. The molecular formula is C15H19N5O2. The lowest BCUT2D eigenvalue weighted by atomic mass is 10.00. The maximum absolute atomic E-state index is 12.7. The van der Waals surface area contributed by atoms with Crippen LogP contribution in [0.25, 0.3) is 0 Å². The van der Waals surface area contributed by atoms with Gasteiger partial charge in [0.2, 0.25) is 5.91 Å². The van der Waals surface area contributed by atoms with Crippen molar-refractivity contribution < 1.29 is 4.79 Å². The van der Waals surface area contributed by atoms with Gasteiger partial charge in [0.25, 0.3) is 0 Å². The summed E-state index contributed by atoms with van der Waals surface area (Å²) in [6, 6.07) is 3.61. The van der Waals surface area contributed by atoms with Crippen molar-refractivity contribution >= 4 is 5.91 Å². The summed E-state index contributed by atoms with van der Waals surface area (Å²) in [5.74, 6) is 0.589. The molecule has 116 valence electrons. The van der Waals surface area contributed by atoms with E-state index in [0.717, 1.165) is 30.5 Å². The summed E-state index contributed by atoms with van der Waals surface area (Å²) in [4.78, 5) is 32.7. The summed E-state index contributed by atoms with van der Waals surface area (Å²) < 4.78 is 0. The molecule has 1 aliphatic heterocycles. The Morgan fingerprint density at radius 3 is 3.05 bits per heavy atom. The molecule has 1 saturated heterocycles. The molecule has 0 saturated carbocycles. The predicted molar refractivity (Wildman–Crippen MR) is 80.2 cm³/mol. The number of hydrogen-bond donors (Lipinski definition) is 2. The van der Waals surface area contributed by atoms with Gasteiger partial charge in [-0.15, -0.1) is 0 Å². The monoisotopic (exact) mass is 301 g/mol. The normalized spacial score (nSPS) is 18.4. The fourth-order valence-electron chi connectivity index (χ4n) is 2.92. The number of carbonyl (C=O) groups excluding carboxylic acids is 1. The number of aryl methyl sites for hydroxylation is 1. The van der Waals surface area contributed by atoms with Gasteiger partial charge in [0.05, 0.1) is 12.5 Å². The molecule has 2 aromatic heterocycles. The molecule has 0 aliphatic carbocycles. The summed E-state index contributed by atoms with van der Waals surface area (Å²) in [5, 5.41) is 6.37. The summed E-state index contributed by atoms with van der Waals surface area (Å²) >= 11 is 0. The van der Waals surface area contributed by atoms with Gasteiger partial charge in [-0.25, -0.2) is 9.89 Å². The smallest absolute Gasteiger partial charge is 0.332 e. The number of nitrogens with zero attached hydrogens (tertiary/aromatic N) is 3. The van der Waals surface area contributed by atoms with Crippen molar-refractivity contribution in [3.05, 3.63) is 45.9 Å². The highest BCUT2D eigenvalue weighted by molar-refractivity contribution is 5.79. The lowest BCUT2D eigenvalue weighted by Crippen LogP contribution is -2.40. The number of likely N-dealkylation sites (tertiary alicyclic amines) is 1. The van der Waals surface area contributed by atoms with Crippen molar-refractivity contribution in [1.82, 2.24) is 25.1 Å². The number of hydrogen-bond acceptors (Lipinski definition) is 4. The van der Waals surface area contributed by atoms with E-state index in [1.54, 1.807) is 6.20 Å². The third-order valence-corrected chi connectivity index (χ3v) is 4.12. The van der Waals surface area contributed by atoms with E-state index in [-0.39, 0.29) is 17.6 Å². The molecule has 1 fully saturated rings. The van der Waals surface area contributed by atoms with Crippen LogP contribution >= 0.6 is 0 Å². The molecule has 7 heteroatoms. The van der Waals surface area contributed by atoms with Gasteiger partial charge in [0.15, 0.2) is 5.82 Å². The summed E-state index contributed by atoms with van der Waals surface area (Å²) in [5.41, 5.74) is 1.47. The van der Waals surface area contributed by atoms with E-state index in [1.807, 2.05) is 24.0 Å². The quantitative estimate of drug-likeness (QED) is 0.887. The first-order chi connectivity index (χ1) is 10.6. The van der Waals surface area contributed by atoms with Crippen LogP contribution in [0.5, 0.6) is 0 Å². The van der Waals surface area contributed by atoms with Gasteiger partial charge in [-0.3, -0.25) is 14.8 Å². The molecule has 0 radical (unpaired) electrons. The van der Waals surface area contributed by atoms with Crippen LogP contribution in [0, 0.1) is 6.92 Å². The summed E-state index contributed by atoms with van der Waals surface area (Å²) in [6.07, 6.45) is 4.86. The number of amides is 1. The highest BCUT2D eigenvalue weighted by Crippen LogP contribution is 2.28. The Morgan fingerprint density at radius 2 is 2.32 bits per heavy atom. The summed E-state index contributed by atoms with van der Waals surface area (Å²) in [6.45, 7) is 2.60. The molecule has 2 N–H and O–H groups in total. The molecule has 0 bridgehead atoms. The molecule has 3 rings (SSSR count). The van der Waals surface area contributed by atoms with E-state index in [1.165, 1.54) is 0 Å². The fraction of sp³-hybridized carbons (Fsp3) is 0.467. The van der Waals surface area contributed by atoms with Crippen molar-refractivity contribution in [2.24, 2.45) is 0 Å². The first-order valence-corrected chi connectivity index (χ1v) is 7.49. The van der Waals surface area contributed by atoms with Crippen molar-refractivity contribution in [3.8, 4) is 0 Å². The van der Waals surface area contributed by atoms with E-state index in [0.29, 0.717) is 18.8 Å². The third-order valence-electron chi connectivity index (χ3n) is 4.12. The average Bonchev–Trinajstić information content (AvgIpc) is 2.96. The number of H-pyrrole nitrogens is 2. The van der Waals surface area contributed by atoms with Gasteiger partial charge in [-0.2, -0.15) is 5.10 Å². The van der Waals surface area contributed by atoms with Gasteiger partial charge < -0.3 is 4.90 Å². The Kier molecular flexibility index (Phi) is 4.04. The summed E-state index contributed by atoms with van der Waals surface area (Å²) in [7, 11) is 0. The Morgan fingerprint density at radius 1 is 1.45 bits per heavy atom. The topological polar surface area (TPSA) is 94.7 Å². The molecule has 7 nitrogen and oxygen atoms in total. The molecule has 0 spiro atoms. The predicted octanol–water partition coefficient (Wildman–Crippen LogP) is 1.10. The maximum atomic E-state index is 12.7. The lowest BCUT2D eigenvalue weighted by Gasteiger charge is -2.34. The Hall–Kier alpha value is -2.44. The minimum absolute atomic E-state index is 0.0460. The second-order valence-electron chi connectivity index (χ2n) is 5.59. The number of rotatable bonds is 3. The zero-order valence-corrected chi connectivity index (χ0v) is 12.5. The van der Waals surface area contributed by atoms with Gasteiger partial charge in [0.1, 0.15) is 0 Å². The number of aromatic nitrogens is 4. The number of nitrogens with one attached hydrogen (secondary N) is 2. The molecule has 3 heterocycles. The van der Waals surface area contributed by atoms with Crippen LogP contribution in [-0.2, 0) is 11.2 Å². The van der Waals surface area contributed by atoms with E-state index in [9.17, 15) is 9.59 Å². The minimum atomic E-state index is -0.337. The molecule has 1 aliphatic rings. The largest absolute Gasteiger partial charge is 0.340 e. The van der Waals surface area contributed by atoms with Crippen LogP contribution in [0.15, 0.2) is 23.1 Å². The molecule has 1 atom stereocenters. The number of piperidine rings is 1. The first kappa shape index (κ1) is 14.5. The van der Waals surface area contributed by atoms with Gasteiger partial charge in [0, 0.05) is 18.4 Å². The minimum Gasteiger partial charge on any atom is -0.332 e. The average molecular weight is 301 g/mol. The van der Waals surface area contributed by atoms with Gasteiger partial charge >= 0.3 is 5.69 Å². The Labute approximate surface area is 127 Å². The van der Waals surface area contributed by atoms with E-state index in [4.69, 9.17) is 0 Å². The number of carbonyl (C=O) groups is 1. The SMILES string of the molecule is Cc1ncccc1CC(=O)N1CCCCC1c1n[nH]c(=O)[nH]1. The standard InChI is InChI=1S/C15H19N5O2/c1-10-11(5-4-7-16-10)9-13(21)20-8-3-2-6-12(20)14-17-15(22)19-18-14/h4-5,7,12H,2-3,6,8-9H2,1H3,(H2,17,18,19,22). The maximum Gasteiger partial charge on any atom is 0.340 e. The van der Waals surface area contributed by atoms with Crippen LogP contribution in [0.4, 0.5) is 0 Å². The molecular weight excluding hydrogens is 282 g/mol. The van der Waals surface area contributed by atoms with E-state index in [2.05, 4.69) is 20.2 Å². The Balaban J connectivity index is 1.80. The van der Waals surface area contributed by atoms with Crippen LogP contribution < -0.4 is 5.69 Å². The van der Waals surface area contributed by atoms with Gasteiger partial charge in [-0.05, 0) is 37.8 Å². The molecule has 22 heavy (non-hydrogen) atoms. The van der Waals surface area contributed by atoms with Crippen molar-refractivity contribution in [2.45, 2.75) is 38.6 Å². The van der Waals surface area contributed by atoms with Crippen LogP contribution in [0.2, 0.25) is 0 Å². The van der Waals surface area contributed by atoms with Crippen molar-refractivity contribution in [2.75, 3.05) is 6.54 Å². The molecule has 2 aromatic rings. The second-order valence-corrected chi connectivity index (χ2v) is 5.59. The third kappa shape index (κ3) is 2.93. The van der Waals surface area contributed by atoms with Crippen LogP contribution in [0.1, 0.15) is 42.4 Å². The first-order valence-electron chi connectivity index (χ1n) is 7.49. The zero-order valence-electron chi connectivity index (χ0n) is 12.5. The van der Waals surface area contributed by atoms with E-state index < -0.39 is 0 Å².